The summed E-state index contributed by atoms with van der Waals surface area (Å²) in [6.45, 7) is 3.54. The van der Waals surface area contributed by atoms with Crippen LogP contribution in [0, 0.1) is 5.82 Å². The van der Waals surface area contributed by atoms with Crippen molar-refractivity contribution in [3.05, 3.63) is 35.6 Å². The van der Waals surface area contributed by atoms with Crippen molar-refractivity contribution in [2.45, 2.75) is 57.1 Å². The van der Waals surface area contributed by atoms with E-state index < -0.39 is 11.5 Å². The van der Waals surface area contributed by atoms with Crippen LogP contribution >= 0.6 is 0 Å². The van der Waals surface area contributed by atoms with Gasteiger partial charge in [-0.25, -0.2) is 4.39 Å². The van der Waals surface area contributed by atoms with Gasteiger partial charge in [0.1, 0.15) is 5.82 Å². The van der Waals surface area contributed by atoms with Gasteiger partial charge in [0.15, 0.2) is 0 Å². The number of nitrogens with one attached hydrogen (secondary N) is 1. The van der Waals surface area contributed by atoms with Crippen LogP contribution in [0.5, 0.6) is 0 Å². The molecule has 0 saturated heterocycles. The SMILES string of the molecule is CC(C)(C(=O)NC1CCCCC1O)c1cccc(F)c1. The van der Waals surface area contributed by atoms with Crippen molar-refractivity contribution in [2.75, 3.05) is 0 Å². The van der Waals surface area contributed by atoms with Gasteiger partial charge in [0.2, 0.25) is 5.91 Å². The highest BCUT2D eigenvalue weighted by Gasteiger charge is 2.33. The molecule has 1 aliphatic carbocycles. The summed E-state index contributed by atoms with van der Waals surface area (Å²) < 4.78 is 13.3. The molecule has 20 heavy (non-hydrogen) atoms. The average molecular weight is 279 g/mol. The molecule has 0 radical (unpaired) electrons. The fraction of sp³-hybridized carbons (Fsp3) is 0.562. The maximum Gasteiger partial charge on any atom is 0.230 e. The van der Waals surface area contributed by atoms with E-state index in [2.05, 4.69) is 5.32 Å². The van der Waals surface area contributed by atoms with Gasteiger partial charge in [-0.15, -0.1) is 0 Å². The van der Waals surface area contributed by atoms with Gasteiger partial charge in [-0.2, -0.15) is 0 Å². The third-order valence-corrected chi connectivity index (χ3v) is 4.16. The summed E-state index contributed by atoms with van der Waals surface area (Å²) in [6.07, 6.45) is 3.07. The molecular weight excluding hydrogens is 257 g/mol. The van der Waals surface area contributed by atoms with E-state index in [-0.39, 0.29) is 17.8 Å². The molecule has 1 saturated carbocycles. The van der Waals surface area contributed by atoms with Crippen molar-refractivity contribution in [3.8, 4) is 0 Å². The van der Waals surface area contributed by atoms with E-state index in [9.17, 15) is 14.3 Å². The van der Waals surface area contributed by atoms with E-state index in [0.29, 0.717) is 5.56 Å². The van der Waals surface area contributed by atoms with Crippen molar-refractivity contribution >= 4 is 5.91 Å². The van der Waals surface area contributed by atoms with Gasteiger partial charge in [0, 0.05) is 0 Å². The van der Waals surface area contributed by atoms with E-state index in [4.69, 9.17) is 0 Å². The zero-order valence-electron chi connectivity index (χ0n) is 12.0. The largest absolute Gasteiger partial charge is 0.391 e. The molecule has 0 bridgehead atoms. The minimum absolute atomic E-state index is 0.172. The Morgan fingerprint density at radius 3 is 2.70 bits per heavy atom. The number of benzene rings is 1. The zero-order valence-corrected chi connectivity index (χ0v) is 12.0. The molecule has 1 aromatic rings. The second-order valence-electron chi connectivity index (χ2n) is 6.07. The number of aliphatic hydroxyl groups is 1. The Labute approximate surface area is 119 Å². The third-order valence-electron chi connectivity index (χ3n) is 4.16. The zero-order chi connectivity index (χ0) is 14.8. The first-order valence-electron chi connectivity index (χ1n) is 7.16. The van der Waals surface area contributed by atoms with Crippen molar-refractivity contribution in [3.63, 3.8) is 0 Å². The van der Waals surface area contributed by atoms with Crippen LogP contribution in [0.1, 0.15) is 45.1 Å². The van der Waals surface area contributed by atoms with Gasteiger partial charge < -0.3 is 10.4 Å². The predicted molar refractivity (Wildman–Crippen MR) is 75.8 cm³/mol. The van der Waals surface area contributed by atoms with E-state index in [1.54, 1.807) is 26.0 Å². The molecule has 1 amide bonds. The van der Waals surface area contributed by atoms with Crippen LogP contribution in [0.2, 0.25) is 0 Å². The smallest absolute Gasteiger partial charge is 0.230 e. The minimum atomic E-state index is -0.820. The fourth-order valence-corrected chi connectivity index (χ4v) is 2.64. The highest BCUT2D eigenvalue weighted by Crippen LogP contribution is 2.26. The minimum Gasteiger partial charge on any atom is -0.391 e. The number of carbonyl (C=O) groups excluding carboxylic acids is 1. The molecule has 2 rings (SSSR count). The van der Waals surface area contributed by atoms with Gasteiger partial charge in [-0.3, -0.25) is 4.79 Å². The lowest BCUT2D eigenvalue weighted by Gasteiger charge is -2.32. The van der Waals surface area contributed by atoms with Gasteiger partial charge in [0.05, 0.1) is 17.6 Å². The lowest BCUT2D eigenvalue weighted by molar-refractivity contribution is -0.127. The van der Waals surface area contributed by atoms with Crippen LogP contribution in [-0.4, -0.2) is 23.2 Å². The number of hydrogen-bond acceptors (Lipinski definition) is 2. The molecule has 0 spiro atoms. The fourth-order valence-electron chi connectivity index (χ4n) is 2.64. The molecule has 2 unspecified atom stereocenters. The van der Waals surface area contributed by atoms with Gasteiger partial charge in [-0.05, 0) is 44.4 Å². The molecule has 110 valence electrons. The first-order valence-corrected chi connectivity index (χ1v) is 7.16. The van der Waals surface area contributed by atoms with E-state index in [1.165, 1.54) is 12.1 Å². The molecule has 4 heteroatoms. The molecule has 0 aromatic heterocycles. The maximum atomic E-state index is 13.3. The average Bonchev–Trinajstić information content (AvgIpc) is 2.41. The summed E-state index contributed by atoms with van der Waals surface area (Å²) in [4.78, 5) is 12.4. The van der Waals surface area contributed by atoms with Gasteiger partial charge in [0.25, 0.3) is 0 Å². The highest BCUT2D eigenvalue weighted by molar-refractivity contribution is 5.87. The normalized spacial score (nSPS) is 23.4. The Bertz CT molecular complexity index is 487. The molecule has 3 nitrogen and oxygen atoms in total. The predicted octanol–water partition coefficient (Wildman–Crippen LogP) is 2.52. The Balaban J connectivity index is 2.10. The van der Waals surface area contributed by atoms with E-state index in [0.717, 1.165) is 25.7 Å². The standard InChI is InChI=1S/C16H22FNO2/c1-16(2,11-6-5-7-12(17)10-11)15(20)18-13-8-3-4-9-14(13)19/h5-7,10,13-14,19H,3-4,8-9H2,1-2H3,(H,18,20). The quantitative estimate of drug-likeness (QED) is 0.893. The van der Waals surface area contributed by atoms with Crippen LogP contribution in [0.4, 0.5) is 4.39 Å². The molecule has 1 aromatic carbocycles. The second kappa shape index (κ2) is 5.92. The number of amides is 1. The molecule has 0 aliphatic heterocycles. The Morgan fingerprint density at radius 2 is 2.05 bits per heavy atom. The summed E-state index contributed by atoms with van der Waals surface area (Å²) in [5.74, 6) is -0.518. The lowest BCUT2D eigenvalue weighted by atomic mass is 9.82. The summed E-state index contributed by atoms with van der Waals surface area (Å²) in [7, 11) is 0. The van der Waals surface area contributed by atoms with Crippen LogP contribution in [0.15, 0.2) is 24.3 Å². The lowest BCUT2D eigenvalue weighted by Crippen LogP contribution is -2.50. The van der Waals surface area contributed by atoms with Gasteiger partial charge >= 0.3 is 0 Å². The van der Waals surface area contributed by atoms with Crippen molar-refractivity contribution < 1.29 is 14.3 Å². The van der Waals surface area contributed by atoms with Crippen molar-refractivity contribution in [2.24, 2.45) is 0 Å². The third kappa shape index (κ3) is 3.18. The summed E-state index contributed by atoms with van der Waals surface area (Å²) in [5, 5.41) is 12.8. The van der Waals surface area contributed by atoms with Crippen molar-refractivity contribution in [1.82, 2.24) is 5.32 Å². The van der Waals surface area contributed by atoms with Crippen molar-refractivity contribution in [1.29, 1.82) is 0 Å². The van der Waals surface area contributed by atoms with Crippen LogP contribution in [0.3, 0.4) is 0 Å². The number of hydrogen-bond donors (Lipinski definition) is 2. The van der Waals surface area contributed by atoms with Crippen LogP contribution in [0.25, 0.3) is 0 Å². The second-order valence-corrected chi connectivity index (χ2v) is 6.07. The Kier molecular flexibility index (Phi) is 4.43. The Morgan fingerprint density at radius 1 is 1.35 bits per heavy atom. The van der Waals surface area contributed by atoms with E-state index >= 15 is 0 Å². The number of halogens is 1. The van der Waals surface area contributed by atoms with E-state index in [1.807, 2.05) is 0 Å². The summed E-state index contributed by atoms with van der Waals surface area (Å²) >= 11 is 0. The summed E-state index contributed by atoms with van der Waals surface area (Å²) in [6, 6.07) is 5.91. The monoisotopic (exact) mass is 279 g/mol. The molecule has 0 heterocycles. The molecule has 1 fully saturated rings. The maximum absolute atomic E-state index is 13.3. The first-order chi connectivity index (χ1) is 9.41. The molecule has 1 aliphatic rings. The van der Waals surface area contributed by atoms with Crippen LogP contribution < -0.4 is 5.32 Å². The number of rotatable bonds is 3. The Hall–Kier alpha value is -1.42. The number of aliphatic hydroxyl groups excluding tert-OH is 1. The first kappa shape index (κ1) is 15.0. The molecule has 2 atom stereocenters. The summed E-state index contributed by atoms with van der Waals surface area (Å²) in [5.41, 5.74) is -0.181. The van der Waals surface area contributed by atoms with Crippen LogP contribution in [-0.2, 0) is 10.2 Å². The highest BCUT2D eigenvalue weighted by atomic mass is 19.1. The number of carbonyl (C=O) groups is 1. The molecule has 2 N–H and O–H groups in total. The van der Waals surface area contributed by atoms with Gasteiger partial charge in [-0.1, -0.05) is 25.0 Å². The topological polar surface area (TPSA) is 49.3 Å². The molecular formula is C16H22FNO2.